The predicted octanol–water partition coefficient (Wildman–Crippen LogP) is 8.56. The Labute approximate surface area is 279 Å². The minimum absolute atomic E-state index is 0.234. The summed E-state index contributed by atoms with van der Waals surface area (Å²) in [6, 6.07) is 19.5. The van der Waals surface area contributed by atoms with Crippen LogP contribution in [0.5, 0.6) is 5.75 Å². The van der Waals surface area contributed by atoms with E-state index in [0.29, 0.717) is 33.7 Å². The summed E-state index contributed by atoms with van der Waals surface area (Å²) >= 11 is 6.37. The normalized spacial score (nSPS) is 11.1. The van der Waals surface area contributed by atoms with Gasteiger partial charge in [-0.2, -0.15) is 0 Å². The van der Waals surface area contributed by atoms with Crippen molar-refractivity contribution in [2.45, 2.75) is 39.5 Å². The summed E-state index contributed by atoms with van der Waals surface area (Å²) in [5.74, 6) is 0.961. The summed E-state index contributed by atoms with van der Waals surface area (Å²) in [6.45, 7) is 8.54. The number of benzene rings is 2. The van der Waals surface area contributed by atoms with Gasteiger partial charge in [-0.15, -0.1) is 0 Å². The highest BCUT2D eigenvalue weighted by molar-refractivity contribution is 6.38. The minimum Gasteiger partial charge on any atom is -0.495 e. The topological polar surface area (TPSA) is 103 Å². The monoisotopic (exact) mass is 650 g/mol. The maximum absolute atomic E-state index is 12.6. The molecule has 4 heterocycles. The molecule has 242 valence electrons. The Morgan fingerprint density at radius 1 is 0.681 bits per heavy atom. The zero-order valence-electron chi connectivity index (χ0n) is 27.6. The van der Waals surface area contributed by atoms with Gasteiger partial charge >= 0.3 is 0 Å². The molecule has 0 radical (unpaired) electrons. The average molecular weight is 651 g/mol. The number of ether oxygens (including phenoxy) is 1. The van der Waals surface area contributed by atoms with Crippen LogP contribution in [0.1, 0.15) is 71.4 Å². The van der Waals surface area contributed by atoms with Crippen LogP contribution in [0.2, 0.25) is 5.02 Å². The van der Waals surface area contributed by atoms with Gasteiger partial charge in [0.15, 0.2) is 0 Å². The number of nitrogens with one attached hydrogen (secondary N) is 2. The number of rotatable bonds is 7. The summed E-state index contributed by atoms with van der Waals surface area (Å²) in [5, 5.41) is 7.79. The number of carbonyl (C=O) groups is 2. The zero-order chi connectivity index (χ0) is 33.8. The van der Waals surface area contributed by atoms with E-state index in [1.807, 2.05) is 96.3 Å². The van der Waals surface area contributed by atoms with Gasteiger partial charge in [-0.25, -0.2) is 9.97 Å². The van der Waals surface area contributed by atoms with E-state index >= 15 is 0 Å². The Kier molecular flexibility index (Phi) is 9.96. The van der Waals surface area contributed by atoms with Crippen LogP contribution >= 0.6 is 11.6 Å². The second kappa shape index (κ2) is 14.1. The van der Waals surface area contributed by atoms with E-state index < -0.39 is 0 Å². The molecule has 0 aliphatic carbocycles. The molecular formula is C37H39ClN6O3. The number of carbonyl (C=O) groups excluding carboxylic acids is 2. The first-order chi connectivity index (χ1) is 22.5. The molecule has 9 nitrogen and oxygen atoms in total. The lowest BCUT2D eigenvalue weighted by atomic mass is 10.0. The lowest BCUT2D eigenvalue weighted by Crippen LogP contribution is -2.14. The molecule has 2 amide bonds. The Morgan fingerprint density at radius 2 is 1.11 bits per heavy atom. The number of hydrogen-bond donors (Lipinski definition) is 2. The Morgan fingerprint density at radius 3 is 1.57 bits per heavy atom. The van der Waals surface area contributed by atoms with Gasteiger partial charge < -0.3 is 24.5 Å². The van der Waals surface area contributed by atoms with E-state index in [2.05, 4.69) is 48.3 Å². The number of halogens is 1. The number of nitrogens with zero attached hydrogens (tertiary/aromatic N) is 4. The number of methoxy groups -OCH3 is 1. The second-order valence-corrected chi connectivity index (χ2v) is 12.4. The van der Waals surface area contributed by atoms with E-state index in [1.165, 1.54) is 17.3 Å². The largest absolute Gasteiger partial charge is 0.495 e. The molecule has 2 aromatic carbocycles. The highest BCUT2D eigenvalue weighted by atomic mass is 35.5. The van der Waals surface area contributed by atoms with Gasteiger partial charge in [-0.3, -0.25) is 9.59 Å². The summed E-state index contributed by atoms with van der Waals surface area (Å²) in [7, 11) is 5.36. The lowest BCUT2D eigenvalue weighted by molar-refractivity contribution is 0.101. The summed E-state index contributed by atoms with van der Waals surface area (Å²) in [6.07, 6.45) is 6.84. The molecule has 0 saturated heterocycles. The predicted molar refractivity (Wildman–Crippen MR) is 190 cm³/mol. The molecule has 0 unspecified atom stereocenters. The molecule has 47 heavy (non-hydrogen) atoms. The zero-order valence-corrected chi connectivity index (χ0v) is 28.4. The van der Waals surface area contributed by atoms with Crippen molar-refractivity contribution in [2.75, 3.05) is 17.7 Å². The number of amides is 2. The van der Waals surface area contributed by atoms with E-state index in [4.69, 9.17) is 16.3 Å². The van der Waals surface area contributed by atoms with Crippen molar-refractivity contribution in [1.29, 1.82) is 0 Å². The van der Waals surface area contributed by atoms with Gasteiger partial charge in [0.2, 0.25) is 0 Å². The van der Waals surface area contributed by atoms with Gasteiger partial charge in [-0.05, 0) is 59.4 Å². The van der Waals surface area contributed by atoms with E-state index in [9.17, 15) is 9.59 Å². The van der Waals surface area contributed by atoms with Crippen LogP contribution in [0, 0.1) is 0 Å². The molecule has 10 heteroatoms. The molecule has 4 aromatic heterocycles. The molecule has 6 rings (SSSR count). The second-order valence-electron chi connectivity index (χ2n) is 12.0. The molecule has 0 spiro atoms. The number of anilines is 2. The third-order valence-corrected chi connectivity index (χ3v) is 8.44. The first kappa shape index (κ1) is 33.2. The third-order valence-electron chi connectivity index (χ3n) is 8.04. The number of aromatic nitrogens is 4. The molecule has 2 N–H and O–H groups in total. The first-order valence-electron chi connectivity index (χ1n) is 15.4. The SMILES string of the molecule is CC(C)c1ccc(NC(=O)c2cnc3c(ccn3C)c2Cl)cc1.COc1c(C(=O)Nc2ccc(C(C)C)cc2)cnc2c1ccn2C. The van der Waals surface area contributed by atoms with Gasteiger partial charge in [-0.1, -0.05) is 63.6 Å². The number of hydrogen-bond acceptors (Lipinski definition) is 5. The van der Waals surface area contributed by atoms with Crippen LogP contribution in [0.25, 0.3) is 22.1 Å². The van der Waals surface area contributed by atoms with Crippen LogP contribution in [0.15, 0.2) is 85.5 Å². The van der Waals surface area contributed by atoms with Gasteiger partial charge in [0, 0.05) is 55.6 Å². The molecule has 0 saturated carbocycles. The van der Waals surface area contributed by atoms with Crippen molar-refractivity contribution in [3.05, 3.63) is 113 Å². The first-order valence-corrected chi connectivity index (χ1v) is 15.8. The van der Waals surface area contributed by atoms with Gasteiger partial charge in [0.25, 0.3) is 11.8 Å². The molecule has 0 aliphatic rings. The van der Waals surface area contributed by atoms with Crippen LogP contribution in [0.4, 0.5) is 11.4 Å². The number of fused-ring (bicyclic) bond motifs is 2. The maximum atomic E-state index is 12.6. The van der Waals surface area contributed by atoms with Crippen molar-refractivity contribution in [2.24, 2.45) is 14.1 Å². The minimum atomic E-state index is -0.259. The third kappa shape index (κ3) is 7.15. The van der Waals surface area contributed by atoms with Crippen molar-refractivity contribution >= 4 is 56.9 Å². The smallest absolute Gasteiger partial charge is 0.261 e. The molecule has 0 aliphatic heterocycles. The Hall–Kier alpha value is -5.15. The molecular weight excluding hydrogens is 612 g/mol. The Balaban J connectivity index is 0.000000185. The summed E-state index contributed by atoms with van der Waals surface area (Å²) in [5.41, 5.74) is 6.29. The number of pyridine rings is 2. The van der Waals surface area contributed by atoms with Crippen LogP contribution in [-0.2, 0) is 14.1 Å². The van der Waals surface area contributed by atoms with E-state index in [0.717, 1.165) is 33.4 Å². The quantitative estimate of drug-likeness (QED) is 0.180. The Bertz CT molecular complexity index is 2040. The van der Waals surface area contributed by atoms with Crippen molar-refractivity contribution in [3.8, 4) is 5.75 Å². The molecule has 0 atom stereocenters. The lowest BCUT2D eigenvalue weighted by Gasteiger charge is -2.11. The molecule has 6 aromatic rings. The molecule has 0 bridgehead atoms. The number of aryl methyl sites for hydroxylation is 2. The van der Waals surface area contributed by atoms with Crippen LogP contribution in [-0.4, -0.2) is 38.0 Å². The highest BCUT2D eigenvalue weighted by Crippen LogP contribution is 2.30. The average Bonchev–Trinajstić information content (AvgIpc) is 3.63. The van der Waals surface area contributed by atoms with Gasteiger partial charge in [0.05, 0.1) is 23.1 Å². The summed E-state index contributed by atoms with van der Waals surface area (Å²) in [4.78, 5) is 33.8. The van der Waals surface area contributed by atoms with Crippen molar-refractivity contribution in [1.82, 2.24) is 19.1 Å². The van der Waals surface area contributed by atoms with Crippen molar-refractivity contribution < 1.29 is 14.3 Å². The maximum Gasteiger partial charge on any atom is 0.261 e. The highest BCUT2D eigenvalue weighted by Gasteiger charge is 2.18. The van der Waals surface area contributed by atoms with E-state index in [-0.39, 0.29) is 11.8 Å². The fraction of sp³-hybridized carbons (Fsp3) is 0.243. The van der Waals surface area contributed by atoms with Gasteiger partial charge in [0.1, 0.15) is 22.6 Å². The fourth-order valence-electron chi connectivity index (χ4n) is 5.21. The van der Waals surface area contributed by atoms with Crippen LogP contribution < -0.4 is 15.4 Å². The van der Waals surface area contributed by atoms with Crippen LogP contribution in [0.3, 0.4) is 0 Å². The standard InChI is InChI=1S/C19H21N3O2.C18H18ClN3O/c1-12(2)13-5-7-14(8-6-13)21-19(23)16-11-20-18-15(17(16)24-4)9-10-22(18)3;1-11(2)12-4-6-13(7-5-12)21-18(23)15-10-20-17-14(16(15)19)8-9-22(17)3/h5-12H,1-4H3,(H,21,23);4-11H,1-3H3,(H,21,23). The van der Waals surface area contributed by atoms with E-state index in [1.54, 1.807) is 13.3 Å². The molecule has 0 fully saturated rings. The summed E-state index contributed by atoms with van der Waals surface area (Å²) < 4.78 is 9.23. The van der Waals surface area contributed by atoms with Crippen molar-refractivity contribution in [3.63, 3.8) is 0 Å². The fourth-order valence-corrected chi connectivity index (χ4v) is 5.49.